The topological polar surface area (TPSA) is 52.5 Å². The number of hydrogen-bond donors (Lipinski definition) is 1. The second-order valence-electron chi connectivity index (χ2n) is 8.75. The minimum absolute atomic E-state index is 0.128. The van der Waals surface area contributed by atoms with Crippen LogP contribution in [0.25, 0.3) is 17.0 Å². The number of nitrogens with zero attached hydrogens (tertiary/aromatic N) is 2. The van der Waals surface area contributed by atoms with Crippen LogP contribution in [0.4, 0.5) is 0 Å². The first-order valence-electron chi connectivity index (χ1n) is 9.86. The van der Waals surface area contributed by atoms with E-state index < -0.39 is 0 Å². The van der Waals surface area contributed by atoms with Gasteiger partial charge < -0.3 is 4.98 Å². The second-order valence-corrected chi connectivity index (χ2v) is 8.75. The number of pyridine rings is 1. The van der Waals surface area contributed by atoms with Gasteiger partial charge in [0, 0.05) is 34.5 Å². The van der Waals surface area contributed by atoms with Crippen molar-refractivity contribution < 1.29 is 0 Å². The number of aromatic nitrogens is 2. The molecule has 0 atom stereocenters. The van der Waals surface area contributed by atoms with Gasteiger partial charge in [0.15, 0.2) is 0 Å². The molecule has 0 aliphatic heterocycles. The van der Waals surface area contributed by atoms with Gasteiger partial charge in [0.1, 0.15) is 6.07 Å². The molecule has 142 valence electrons. The van der Waals surface area contributed by atoms with Gasteiger partial charge in [-0.05, 0) is 62.4 Å². The highest BCUT2D eigenvalue weighted by molar-refractivity contribution is 5.92. The number of H-pyrrole nitrogens is 1. The Morgan fingerprint density at radius 3 is 2.46 bits per heavy atom. The number of hydrogen-bond acceptors (Lipinski definition) is 2. The van der Waals surface area contributed by atoms with Crippen LogP contribution in [0, 0.1) is 45.9 Å². The summed E-state index contributed by atoms with van der Waals surface area (Å²) in [5.74, 6) is 0. The number of aryl methyl sites for hydroxylation is 4. The molecule has 3 aromatic rings. The molecule has 1 N–H and O–H groups in total. The van der Waals surface area contributed by atoms with Gasteiger partial charge in [0.2, 0.25) is 0 Å². The fourth-order valence-electron chi connectivity index (χ4n) is 5.03. The van der Waals surface area contributed by atoms with E-state index in [-0.39, 0.29) is 5.41 Å². The van der Waals surface area contributed by atoms with E-state index in [0.29, 0.717) is 5.56 Å². The average Bonchev–Trinajstić information content (AvgIpc) is 3.20. The quantitative estimate of drug-likeness (QED) is 0.612. The molecular formula is C25H27N3. The number of benzene rings is 1. The molecule has 0 saturated carbocycles. The molecule has 3 nitrogen and oxygen atoms in total. The molecule has 28 heavy (non-hydrogen) atoms. The highest BCUT2D eigenvalue weighted by atomic mass is 14.7. The van der Waals surface area contributed by atoms with Gasteiger partial charge in [0.25, 0.3) is 0 Å². The summed E-state index contributed by atoms with van der Waals surface area (Å²) in [5, 5.41) is 10.9. The van der Waals surface area contributed by atoms with Crippen molar-refractivity contribution in [2.24, 2.45) is 0 Å². The molecule has 0 fully saturated rings. The molecule has 4 rings (SSSR count). The van der Waals surface area contributed by atoms with Crippen LogP contribution in [0.5, 0.6) is 0 Å². The summed E-state index contributed by atoms with van der Waals surface area (Å²) >= 11 is 0. The van der Waals surface area contributed by atoms with Crippen LogP contribution in [-0.2, 0) is 11.8 Å². The minimum Gasteiger partial charge on any atom is -0.361 e. The van der Waals surface area contributed by atoms with Crippen molar-refractivity contribution in [3.8, 4) is 6.07 Å². The summed E-state index contributed by atoms with van der Waals surface area (Å²) in [5.41, 5.74) is 12.6. The lowest BCUT2D eigenvalue weighted by molar-refractivity contribution is 0.614. The lowest BCUT2D eigenvalue weighted by Gasteiger charge is -2.30. The van der Waals surface area contributed by atoms with Crippen LogP contribution in [0.15, 0.2) is 17.8 Å². The van der Waals surface area contributed by atoms with E-state index in [1.165, 1.54) is 38.7 Å². The van der Waals surface area contributed by atoms with E-state index in [9.17, 15) is 5.26 Å². The molecule has 1 aliphatic carbocycles. The number of nitriles is 1. The normalized spacial score (nSPS) is 13.6. The van der Waals surface area contributed by atoms with Crippen LogP contribution in [0.2, 0.25) is 0 Å². The molecule has 2 aromatic heterocycles. The van der Waals surface area contributed by atoms with Crippen molar-refractivity contribution in [3.05, 3.63) is 68.2 Å². The number of rotatable bonds is 2. The van der Waals surface area contributed by atoms with E-state index in [1.807, 2.05) is 13.8 Å². The zero-order valence-electron chi connectivity index (χ0n) is 17.8. The lowest BCUT2D eigenvalue weighted by Crippen LogP contribution is -2.22. The third-order valence-corrected chi connectivity index (χ3v) is 6.52. The van der Waals surface area contributed by atoms with Gasteiger partial charge in [-0.25, -0.2) is 0 Å². The third kappa shape index (κ3) is 2.44. The molecule has 1 aromatic carbocycles. The first kappa shape index (κ1) is 18.5. The predicted molar refractivity (Wildman–Crippen MR) is 116 cm³/mol. The summed E-state index contributed by atoms with van der Waals surface area (Å²) in [4.78, 5) is 8.24. The van der Waals surface area contributed by atoms with Crippen molar-refractivity contribution in [2.45, 2.75) is 60.3 Å². The van der Waals surface area contributed by atoms with Crippen LogP contribution >= 0.6 is 0 Å². The smallest absolute Gasteiger partial charge is 0.101 e. The number of aromatic amines is 1. The van der Waals surface area contributed by atoms with Crippen molar-refractivity contribution in [1.29, 1.82) is 5.26 Å². The minimum atomic E-state index is -0.128. The van der Waals surface area contributed by atoms with Crippen molar-refractivity contribution >= 4 is 17.0 Å². The molecule has 0 radical (unpaired) electrons. The van der Waals surface area contributed by atoms with Gasteiger partial charge >= 0.3 is 0 Å². The molecule has 1 aliphatic rings. The maximum absolute atomic E-state index is 9.51. The van der Waals surface area contributed by atoms with Gasteiger partial charge in [-0.3, -0.25) is 4.98 Å². The highest BCUT2D eigenvalue weighted by Crippen LogP contribution is 2.45. The molecule has 0 unspecified atom stereocenters. The largest absolute Gasteiger partial charge is 0.361 e. The molecule has 0 amide bonds. The van der Waals surface area contributed by atoms with Gasteiger partial charge in [-0.2, -0.15) is 5.26 Å². The first-order chi connectivity index (χ1) is 13.2. The lowest BCUT2D eigenvalue weighted by atomic mass is 9.73. The molecule has 0 bridgehead atoms. The molecule has 2 heterocycles. The highest BCUT2D eigenvalue weighted by Gasteiger charge is 2.34. The van der Waals surface area contributed by atoms with Crippen LogP contribution in [-0.4, -0.2) is 9.97 Å². The zero-order valence-corrected chi connectivity index (χ0v) is 17.8. The monoisotopic (exact) mass is 369 g/mol. The van der Waals surface area contributed by atoms with E-state index in [1.54, 1.807) is 0 Å². The van der Waals surface area contributed by atoms with Crippen molar-refractivity contribution in [1.82, 2.24) is 9.97 Å². The fourth-order valence-corrected chi connectivity index (χ4v) is 5.03. The van der Waals surface area contributed by atoms with Crippen molar-refractivity contribution in [2.75, 3.05) is 0 Å². The summed E-state index contributed by atoms with van der Waals surface area (Å²) in [6.07, 6.45) is 5.24. The molecule has 0 saturated heterocycles. The van der Waals surface area contributed by atoms with E-state index in [2.05, 4.69) is 64.0 Å². The van der Waals surface area contributed by atoms with E-state index in [0.717, 1.165) is 28.9 Å². The Labute approximate surface area is 167 Å². The summed E-state index contributed by atoms with van der Waals surface area (Å²) < 4.78 is 0. The predicted octanol–water partition coefficient (Wildman–Crippen LogP) is 5.89. The zero-order chi connectivity index (χ0) is 20.4. The van der Waals surface area contributed by atoms with Crippen molar-refractivity contribution in [3.63, 3.8) is 0 Å². The van der Waals surface area contributed by atoms with Crippen LogP contribution < -0.4 is 0 Å². The second kappa shape index (κ2) is 6.07. The maximum atomic E-state index is 9.51. The van der Waals surface area contributed by atoms with Crippen LogP contribution in [0.1, 0.15) is 64.2 Å². The summed E-state index contributed by atoms with van der Waals surface area (Å²) in [6.45, 7) is 15.2. The molecule has 0 spiro atoms. The number of nitrogens with one attached hydrogen (secondary N) is 1. The Bertz CT molecular complexity index is 1210. The molecule has 3 heteroatoms. The number of allylic oxidation sites excluding steroid dienone is 1. The van der Waals surface area contributed by atoms with Gasteiger partial charge in [-0.1, -0.05) is 31.6 Å². The van der Waals surface area contributed by atoms with Gasteiger partial charge in [-0.15, -0.1) is 0 Å². The number of fused-ring (bicyclic) bond motifs is 2. The van der Waals surface area contributed by atoms with E-state index >= 15 is 0 Å². The fraction of sp³-hybridized carbons (Fsp3) is 0.360. The van der Waals surface area contributed by atoms with Crippen LogP contribution in [0.3, 0.4) is 0 Å². The van der Waals surface area contributed by atoms with E-state index in [4.69, 9.17) is 4.98 Å². The third-order valence-electron chi connectivity index (χ3n) is 6.52. The Hall–Kier alpha value is -2.86. The Morgan fingerprint density at radius 1 is 1.07 bits per heavy atom. The first-order valence-corrected chi connectivity index (χ1v) is 9.86. The Balaban J connectivity index is 1.93. The average molecular weight is 370 g/mol. The SMILES string of the molecule is Cc1cc(C)c2[nH]cc(C)c2c1C(C)(C)C1=Cc2c(nc(C)c(C#N)c2C)C1. The summed E-state index contributed by atoms with van der Waals surface area (Å²) in [6, 6.07) is 4.62. The van der Waals surface area contributed by atoms with Gasteiger partial charge in [0.05, 0.1) is 17.0 Å². The Kier molecular flexibility index (Phi) is 4.01. The standard InChI is InChI=1S/C25H27N3/c1-13-8-14(2)24-22(15(3)12-27-24)23(13)25(6,7)18-9-19-16(4)20(11-26)17(5)28-21(19)10-18/h8-9,12,27H,10H2,1-7H3. The maximum Gasteiger partial charge on any atom is 0.101 e. The molecular weight excluding hydrogens is 342 g/mol. The summed E-state index contributed by atoms with van der Waals surface area (Å²) in [7, 11) is 0. The Morgan fingerprint density at radius 2 is 1.79 bits per heavy atom.